The summed E-state index contributed by atoms with van der Waals surface area (Å²) in [5, 5.41) is 87.1. The number of nitrogens with one attached hydrogen (secondary N) is 1. The maximum Gasteiger partial charge on any atom is 0.220 e. The highest BCUT2D eigenvalue weighted by Crippen LogP contribution is 2.30. The molecule has 2 aliphatic rings. The number of rotatable bonds is 47. The molecular weight excluding hydrogens is 991 g/mol. The Morgan fingerprint density at radius 1 is 0.474 bits per heavy atom. The fourth-order valence-corrected chi connectivity index (χ4v) is 9.35. The Hall–Kier alpha value is -3.09. The van der Waals surface area contributed by atoms with Gasteiger partial charge in [0.1, 0.15) is 48.8 Å². The Bertz CT molecular complexity index is 1680. The van der Waals surface area contributed by atoms with E-state index in [1.165, 1.54) is 83.5 Å². The van der Waals surface area contributed by atoms with Gasteiger partial charge in [0, 0.05) is 6.42 Å². The van der Waals surface area contributed by atoms with Gasteiger partial charge in [0.25, 0.3) is 0 Å². The van der Waals surface area contributed by atoms with E-state index < -0.39 is 86.8 Å². The number of ether oxygens (including phenoxy) is 4. The molecule has 1 amide bonds. The number of unbranched alkanes of at least 4 members (excludes halogenated alkanes) is 20. The Labute approximate surface area is 471 Å². The topological polar surface area (TPSA) is 228 Å². The lowest BCUT2D eigenvalue weighted by molar-refractivity contribution is -0.359. The second kappa shape index (κ2) is 48.6. The molecule has 2 rings (SSSR count). The number of amides is 1. The first-order chi connectivity index (χ1) is 38.1. The summed E-state index contributed by atoms with van der Waals surface area (Å²) in [7, 11) is 0. The van der Waals surface area contributed by atoms with Crippen LogP contribution >= 0.6 is 0 Å². The highest BCUT2D eigenvalue weighted by atomic mass is 16.7. The van der Waals surface area contributed by atoms with Crippen molar-refractivity contribution < 1.29 is 64.6 Å². The molecule has 0 aromatic carbocycles. The molecule has 0 bridgehead atoms. The zero-order valence-electron chi connectivity index (χ0n) is 48.1. The van der Waals surface area contributed by atoms with Crippen LogP contribution in [-0.2, 0) is 23.7 Å². The lowest BCUT2D eigenvalue weighted by atomic mass is 9.97. The fraction of sp³-hybridized carbons (Fsp3) is 0.734. The summed E-state index contributed by atoms with van der Waals surface area (Å²) in [6.45, 7) is 2.64. The van der Waals surface area contributed by atoms with Crippen LogP contribution in [-0.4, -0.2) is 140 Å². The van der Waals surface area contributed by atoms with E-state index >= 15 is 0 Å². The molecule has 0 radical (unpaired) electrons. The summed E-state index contributed by atoms with van der Waals surface area (Å²) in [6, 6.07) is -0.956. The van der Waals surface area contributed by atoms with Crippen molar-refractivity contribution >= 4 is 5.91 Å². The molecule has 0 spiro atoms. The minimum atomic E-state index is -1.80. The van der Waals surface area contributed by atoms with E-state index in [1.807, 2.05) is 6.08 Å². The second-order valence-electron chi connectivity index (χ2n) is 21.1. The van der Waals surface area contributed by atoms with Crippen molar-refractivity contribution in [1.29, 1.82) is 0 Å². The zero-order valence-corrected chi connectivity index (χ0v) is 48.1. The van der Waals surface area contributed by atoms with E-state index in [0.717, 1.165) is 89.9 Å². The smallest absolute Gasteiger partial charge is 0.220 e. The minimum absolute atomic E-state index is 0.242. The van der Waals surface area contributed by atoms with E-state index in [2.05, 4.69) is 104 Å². The molecule has 2 fully saturated rings. The van der Waals surface area contributed by atoms with Crippen LogP contribution in [0.4, 0.5) is 0 Å². The van der Waals surface area contributed by atoms with Gasteiger partial charge in [0.05, 0.1) is 32.0 Å². The number of aliphatic hydroxyl groups is 8. The number of hydrogen-bond acceptors (Lipinski definition) is 13. The molecule has 0 aromatic rings. The maximum absolute atomic E-state index is 13.3. The van der Waals surface area contributed by atoms with Gasteiger partial charge in [-0.25, -0.2) is 0 Å². The summed E-state index contributed by atoms with van der Waals surface area (Å²) < 4.78 is 22.7. The molecule has 2 heterocycles. The van der Waals surface area contributed by atoms with Crippen molar-refractivity contribution in [3.05, 3.63) is 97.2 Å². The van der Waals surface area contributed by atoms with Gasteiger partial charge in [-0.15, -0.1) is 0 Å². The maximum atomic E-state index is 13.3. The quantitative estimate of drug-likeness (QED) is 0.0204. The number of hydrogen-bond donors (Lipinski definition) is 9. The molecule has 12 unspecified atom stereocenters. The average Bonchev–Trinajstić information content (AvgIpc) is 3.48. The standard InChI is InChI=1S/C64H109NO13/c1-3-5-7-9-11-13-15-17-19-21-23-25-26-28-29-31-33-35-37-39-41-43-45-47-53(68)52(51-75-63-61(74)59(72)62(55(50-67)77-63)78-64-60(73)58(71)57(70)54(49-66)76-64)65-56(69)48-46-44-42-40-38-36-34-32-30-27-24-22-20-18-16-14-12-10-8-6-4-2/h6,8,12,14,18,20,24,27,29,31-32,34,37,39,45,47,52-55,57-64,66-68,70-74H,3-5,7,9-11,13,15-17,19,21-23,25-26,28,30,33,35-36,38,40-44,46,48-51H2,1-2H3,(H,65,69)/b8-6-,14-12-,20-18-,27-24-,31-29+,34-32-,39-37+,47-45+. The Morgan fingerprint density at radius 3 is 1.41 bits per heavy atom. The van der Waals surface area contributed by atoms with Crippen LogP contribution in [0.5, 0.6) is 0 Å². The predicted octanol–water partition coefficient (Wildman–Crippen LogP) is 10.7. The van der Waals surface area contributed by atoms with Gasteiger partial charge >= 0.3 is 0 Å². The lowest BCUT2D eigenvalue weighted by Gasteiger charge is -2.46. The highest BCUT2D eigenvalue weighted by molar-refractivity contribution is 5.76. The molecule has 14 nitrogen and oxygen atoms in total. The van der Waals surface area contributed by atoms with Crippen LogP contribution in [0.2, 0.25) is 0 Å². The van der Waals surface area contributed by atoms with Crippen molar-refractivity contribution in [1.82, 2.24) is 5.32 Å². The number of aliphatic hydroxyl groups excluding tert-OH is 8. The van der Waals surface area contributed by atoms with Crippen LogP contribution < -0.4 is 5.32 Å². The first-order valence-corrected chi connectivity index (χ1v) is 30.5. The summed E-state index contributed by atoms with van der Waals surface area (Å²) in [5.41, 5.74) is 0. The molecular formula is C64H109NO13. The van der Waals surface area contributed by atoms with Crippen LogP contribution in [0.15, 0.2) is 97.2 Å². The van der Waals surface area contributed by atoms with Gasteiger partial charge < -0.3 is 65.1 Å². The van der Waals surface area contributed by atoms with Gasteiger partial charge in [0.15, 0.2) is 12.6 Å². The van der Waals surface area contributed by atoms with E-state index in [-0.39, 0.29) is 18.9 Å². The van der Waals surface area contributed by atoms with Crippen LogP contribution in [0, 0.1) is 0 Å². The predicted molar refractivity (Wildman–Crippen MR) is 313 cm³/mol. The number of carbonyl (C=O) groups excluding carboxylic acids is 1. The second-order valence-corrected chi connectivity index (χ2v) is 21.1. The fourth-order valence-electron chi connectivity index (χ4n) is 9.35. The molecule has 0 aliphatic carbocycles. The van der Waals surface area contributed by atoms with E-state index in [1.54, 1.807) is 6.08 Å². The van der Waals surface area contributed by atoms with Crippen molar-refractivity contribution in [2.45, 2.75) is 280 Å². The lowest BCUT2D eigenvalue weighted by Crippen LogP contribution is -2.65. The Kier molecular flexibility index (Phi) is 44.3. The van der Waals surface area contributed by atoms with Gasteiger partial charge in [-0.1, -0.05) is 207 Å². The monoisotopic (exact) mass is 1100 g/mol. The summed E-state index contributed by atoms with van der Waals surface area (Å²) in [5.74, 6) is -0.275. The molecule has 14 heteroatoms. The molecule has 78 heavy (non-hydrogen) atoms. The van der Waals surface area contributed by atoms with E-state index in [9.17, 15) is 45.6 Å². The summed E-state index contributed by atoms with van der Waals surface area (Å²) in [6.07, 6.45) is 50.1. The number of allylic oxidation sites excluding steroid dienone is 15. The third kappa shape index (κ3) is 33.6. The van der Waals surface area contributed by atoms with Crippen molar-refractivity contribution in [3.8, 4) is 0 Å². The third-order valence-electron chi connectivity index (χ3n) is 14.2. The molecule has 9 N–H and O–H groups in total. The summed E-state index contributed by atoms with van der Waals surface area (Å²) in [4.78, 5) is 13.3. The van der Waals surface area contributed by atoms with Crippen molar-refractivity contribution in [2.24, 2.45) is 0 Å². The average molecular weight is 1100 g/mol. The molecule has 2 aliphatic heterocycles. The van der Waals surface area contributed by atoms with Gasteiger partial charge in [0.2, 0.25) is 5.91 Å². The van der Waals surface area contributed by atoms with E-state index in [0.29, 0.717) is 12.8 Å². The molecule has 0 aromatic heterocycles. The zero-order chi connectivity index (χ0) is 56.7. The van der Waals surface area contributed by atoms with Crippen LogP contribution in [0.1, 0.15) is 206 Å². The first-order valence-electron chi connectivity index (χ1n) is 30.5. The molecule has 0 saturated carbocycles. The van der Waals surface area contributed by atoms with E-state index in [4.69, 9.17) is 18.9 Å². The Morgan fingerprint density at radius 2 is 0.897 bits per heavy atom. The highest BCUT2D eigenvalue weighted by Gasteiger charge is 2.51. The number of carbonyl (C=O) groups is 1. The first kappa shape index (κ1) is 71.0. The molecule has 448 valence electrons. The van der Waals surface area contributed by atoms with Crippen molar-refractivity contribution in [3.63, 3.8) is 0 Å². The molecule has 2 saturated heterocycles. The Balaban J connectivity index is 1.80. The third-order valence-corrected chi connectivity index (χ3v) is 14.2. The minimum Gasteiger partial charge on any atom is -0.394 e. The van der Waals surface area contributed by atoms with Crippen LogP contribution in [0.25, 0.3) is 0 Å². The summed E-state index contributed by atoms with van der Waals surface area (Å²) >= 11 is 0. The SMILES string of the molecule is CC/C=C\C/C=C\C/C=C\C/C=C\C/C=C\CCCCCCCC(=O)NC(COC1OC(CO)C(OC2OC(CO)C(O)C(O)C2O)C(O)C1O)C(O)/C=C/CC/C=C/CC/C=C/CCCCCCCCCCCCCCC. The van der Waals surface area contributed by atoms with Gasteiger partial charge in [-0.05, 0) is 89.9 Å². The largest absolute Gasteiger partial charge is 0.394 e. The van der Waals surface area contributed by atoms with Gasteiger partial charge in [-0.2, -0.15) is 0 Å². The van der Waals surface area contributed by atoms with Crippen LogP contribution in [0.3, 0.4) is 0 Å². The molecule has 12 atom stereocenters. The van der Waals surface area contributed by atoms with Gasteiger partial charge in [-0.3, -0.25) is 4.79 Å². The van der Waals surface area contributed by atoms with Crippen molar-refractivity contribution in [2.75, 3.05) is 19.8 Å². The normalized spacial score (nSPS) is 25.3.